The number of ether oxygens (including phenoxy) is 1. The van der Waals surface area contributed by atoms with Crippen molar-refractivity contribution < 1.29 is 28.2 Å². The van der Waals surface area contributed by atoms with E-state index in [1.165, 1.54) is 35.6 Å². The topological polar surface area (TPSA) is 78.9 Å². The van der Waals surface area contributed by atoms with Crippen LogP contribution in [-0.4, -0.2) is 47.6 Å². The molecule has 0 saturated carbocycles. The molecule has 2 N–H and O–H groups in total. The Morgan fingerprint density at radius 3 is 2.66 bits per heavy atom. The maximum Gasteiger partial charge on any atom is 0.387 e. The van der Waals surface area contributed by atoms with Crippen molar-refractivity contribution in [1.29, 1.82) is 0 Å². The number of fused-ring (bicyclic) bond motifs is 1. The maximum atomic E-state index is 12.6. The predicted molar refractivity (Wildman–Crippen MR) is 119 cm³/mol. The first-order chi connectivity index (χ1) is 15.4. The third-order valence-electron chi connectivity index (χ3n) is 5.54. The number of amides is 1. The Hall–Kier alpha value is -3.04. The third-order valence-corrected chi connectivity index (χ3v) is 6.74. The van der Waals surface area contributed by atoms with Gasteiger partial charge in [-0.25, -0.2) is 4.79 Å². The zero-order valence-corrected chi connectivity index (χ0v) is 17.9. The van der Waals surface area contributed by atoms with Crippen LogP contribution in [0.1, 0.15) is 28.1 Å². The first-order valence-electron chi connectivity index (χ1n) is 10.2. The second kappa shape index (κ2) is 9.62. The molecule has 0 unspecified atom stereocenters. The minimum Gasteiger partial charge on any atom is -0.477 e. The predicted octanol–water partition coefficient (Wildman–Crippen LogP) is 4.85. The Bertz CT molecular complexity index is 1120. The van der Waals surface area contributed by atoms with Crippen molar-refractivity contribution in [2.75, 3.05) is 18.4 Å². The van der Waals surface area contributed by atoms with E-state index < -0.39 is 12.6 Å². The van der Waals surface area contributed by atoms with Crippen LogP contribution in [0, 0.1) is 0 Å². The highest BCUT2D eigenvalue weighted by atomic mass is 32.1. The minimum absolute atomic E-state index is 0.0230. The van der Waals surface area contributed by atoms with E-state index in [0.29, 0.717) is 17.0 Å². The van der Waals surface area contributed by atoms with Gasteiger partial charge in [-0.1, -0.05) is 18.2 Å². The number of thiophene rings is 1. The van der Waals surface area contributed by atoms with Gasteiger partial charge in [0.05, 0.1) is 6.54 Å². The molecule has 4 rings (SSSR count). The lowest BCUT2D eigenvalue weighted by Crippen LogP contribution is -2.38. The Balaban J connectivity index is 1.42. The van der Waals surface area contributed by atoms with Crippen molar-refractivity contribution >= 4 is 39.0 Å². The van der Waals surface area contributed by atoms with Crippen LogP contribution in [0.15, 0.2) is 48.5 Å². The highest BCUT2D eigenvalue weighted by molar-refractivity contribution is 7.21. The SMILES string of the molecule is O=C(CN1CCC[C@H]1Cc1c(C(=O)O)sc2ccccc12)Nc1ccc(OC(F)F)cc1. The standard InChI is InChI=1S/C23H22F2N2O4S/c24-23(25)31-16-9-7-14(8-10-16)26-20(28)13-27-11-3-4-15(27)12-18-17-5-1-2-6-19(17)32-21(18)22(29)30/h1-2,5-10,15,23H,3-4,11-13H2,(H,26,28)(H,29,30)/t15-/m0/s1. The molecule has 9 heteroatoms. The molecule has 1 aromatic heterocycles. The molecule has 0 aliphatic carbocycles. The summed E-state index contributed by atoms with van der Waals surface area (Å²) in [5.74, 6) is -1.12. The number of hydrogen-bond donors (Lipinski definition) is 2. The first-order valence-corrected chi connectivity index (χ1v) is 11.0. The van der Waals surface area contributed by atoms with Gasteiger partial charge in [0.2, 0.25) is 5.91 Å². The summed E-state index contributed by atoms with van der Waals surface area (Å²) in [4.78, 5) is 26.8. The molecular weight excluding hydrogens is 438 g/mol. The zero-order chi connectivity index (χ0) is 22.7. The summed E-state index contributed by atoms with van der Waals surface area (Å²) in [6.45, 7) is -1.97. The summed E-state index contributed by atoms with van der Waals surface area (Å²) in [7, 11) is 0. The van der Waals surface area contributed by atoms with Crippen LogP contribution in [0.3, 0.4) is 0 Å². The molecule has 6 nitrogen and oxygen atoms in total. The number of aromatic carboxylic acids is 1. The van der Waals surface area contributed by atoms with Gasteiger partial charge in [-0.05, 0) is 67.1 Å². The summed E-state index contributed by atoms with van der Waals surface area (Å²) in [5, 5.41) is 13.4. The van der Waals surface area contributed by atoms with Gasteiger partial charge in [0, 0.05) is 16.4 Å². The monoisotopic (exact) mass is 460 g/mol. The van der Waals surface area contributed by atoms with Gasteiger partial charge in [-0.3, -0.25) is 9.69 Å². The summed E-state index contributed by atoms with van der Waals surface area (Å²) >= 11 is 1.28. The maximum absolute atomic E-state index is 12.6. The molecule has 1 saturated heterocycles. The number of carbonyl (C=O) groups is 2. The Labute approximate surface area is 187 Å². The number of halogens is 2. The number of nitrogens with one attached hydrogen (secondary N) is 1. The normalized spacial score (nSPS) is 16.5. The average Bonchev–Trinajstić information content (AvgIpc) is 3.34. The number of carbonyl (C=O) groups excluding carboxylic acids is 1. The van der Waals surface area contributed by atoms with Gasteiger partial charge in [-0.15, -0.1) is 11.3 Å². The Morgan fingerprint density at radius 1 is 1.19 bits per heavy atom. The zero-order valence-electron chi connectivity index (χ0n) is 17.1. The lowest BCUT2D eigenvalue weighted by Gasteiger charge is -2.24. The van der Waals surface area contributed by atoms with Crippen LogP contribution in [-0.2, 0) is 11.2 Å². The minimum atomic E-state index is -2.90. The number of hydrogen-bond acceptors (Lipinski definition) is 5. The van der Waals surface area contributed by atoms with Crippen LogP contribution in [0.2, 0.25) is 0 Å². The number of nitrogens with zero attached hydrogens (tertiary/aromatic N) is 1. The molecular formula is C23H22F2N2O4S. The molecule has 0 radical (unpaired) electrons. The molecule has 1 aliphatic heterocycles. The highest BCUT2D eigenvalue weighted by Crippen LogP contribution is 2.34. The number of likely N-dealkylation sites (tertiary alicyclic amines) is 1. The van der Waals surface area contributed by atoms with E-state index >= 15 is 0 Å². The van der Waals surface area contributed by atoms with Crippen molar-refractivity contribution in [2.24, 2.45) is 0 Å². The van der Waals surface area contributed by atoms with Crippen LogP contribution >= 0.6 is 11.3 Å². The summed E-state index contributed by atoms with van der Waals surface area (Å²) in [5.41, 5.74) is 1.31. The molecule has 1 fully saturated rings. The van der Waals surface area contributed by atoms with Gasteiger partial charge >= 0.3 is 12.6 Å². The van der Waals surface area contributed by atoms with E-state index in [1.807, 2.05) is 24.3 Å². The van der Waals surface area contributed by atoms with Crippen LogP contribution in [0.4, 0.5) is 14.5 Å². The summed E-state index contributed by atoms with van der Waals surface area (Å²) in [6, 6.07) is 13.5. The van der Waals surface area contributed by atoms with Crippen molar-refractivity contribution in [3.05, 3.63) is 59.0 Å². The highest BCUT2D eigenvalue weighted by Gasteiger charge is 2.29. The average molecular weight is 461 g/mol. The second-order valence-corrected chi connectivity index (χ2v) is 8.68. The first kappa shape index (κ1) is 22.2. The Kier molecular flexibility index (Phi) is 6.66. The van der Waals surface area contributed by atoms with Gasteiger partial charge < -0.3 is 15.2 Å². The molecule has 168 valence electrons. The molecule has 3 aromatic rings. The van der Waals surface area contributed by atoms with Crippen LogP contribution < -0.4 is 10.1 Å². The lowest BCUT2D eigenvalue weighted by atomic mass is 10.0. The van der Waals surface area contributed by atoms with Gasteiger partial charge in [-0.2, -0.15) is 8.78 Å². The number of benzene rings is 2. The molecule has 1 aliphatic rings. The number of rotatable bonds is 8. The number of alkyl halides is 2. The largest absolute Gasteiger partial charge is 0.477 e. The van der Waals surface area contributed by atoms with E-state index in [1.54, 1.807) is 0 Å². The van der Waals surface area contributed by atoms with E-state index in [0.717, 1.165) is 35.0 Å². The summed E-state index contributed by atoms with van der Waals surface area (Å²) in [6.07, 6.45) is 2.39. The van der Waals surface area contributed by atoms with Crippen molar-refractivity contribution in [2.45, 2.75) is 31.9 Å². The van der Waals surface area contributed by atoms with Crippen molar-refractivity contribution in [3.8, 4) is 5.75 Å². The van der Waals surface area contributed by atoms with E-state index in [9.17, 15) is 23.5 Å². The lowest BCUT2D eigenvalue weighted by molar-refractivity contribution is -0.117. The fourth-order valence-electron chi connectivity index (χ4n) is 4.15. The second-order valence-electron chi connectivity index (χ2n) is 7.63. The van der Waals surface area contributed by atoms with E-state index in [2.05, 4.69) is 15.0 Å². The van der Waals surface area contributed by atoms with E-state index in [4.69, 9.17) is 0 Å². The van der Waals surface area contributed by atoms with Crippen LogP contribution in [0.25, 0.3) is 10.1 Å². The molecule has 32 heavy (non-hydrogen) atoms. The molecule has 1 amide bonds. The molecule has 2 heterocycles. The van der Waals surface area contributed by atoms with Gasteiger partial charge in [0.1, 0.15) is 10.6 Å². The van der Waals surface area contributed by atoms with Gasteiger partial charge in [0.15, 0.2) is 0 Å². The Morgan fingerprint density at radius 2 is 1.94 bits per heavy atom. The molecule has 0 spiro atoms. The third kappa shape index (κ3) is 5.05. The number of carboxylic acids is 1. The van der Waals surface area contributed by atoms with Crippen molar-refractivity contribution in [3.63, 3.8) is 0 Å². The number of carboxylic acid groups (broad SMARTS) is 1. The van der Waals surface area contributed by atoms with E-state index in [-0.39, 0.29) is 24.2 Å². The molecule has 0 bridgehead atoms. The smallest absolute Gasteiger partial charge is 0.387 e. The quantitative estimate of drug-likeness (QED) is 0.503. The van der Waals surface area contributed by atoms with Crippen LogP contribution in [0.5, 0.6) is 5.75 Å². The number of anilines is 1. The fourth-order valence-corrected chi connectivity index (χ4v) is 5.22. The fraction of sp³-hybridized carbons (Fsp3) is 0.304. The van der Waals surface area contributed by atoms with Crippen molar-refractivity contribution in [1.82, 2.24) is 4.90 Å². The summed E-state index contributed by atoms with van der Waals surface area (Å²) < 4.78 is 29.8. The molecule has 1 atom stereocenters. The molecule has 2 aromatic carbocycles. The van der Waals surface area contributed by atoms with Gasteiger partial charge in [0.25, 0.3) is 0 Å².